The van der Waals surface area contributed by atoms with Crippen molar-refractivity contribution in [1.29, 1.82) is 0 Å². The predicted molar refractivity (Wildman–Crippen MR) is 65.8 cm³/mol. The van der Waals surface area contributed by atoms with Crippen molar-refractivity contribution in [3.05, 3.63) is 35.7 Å². The topological polar surface area (TPSA) is 111 Å². The number of carbonyl (C=O) groups excluding carboxylic acids is 2. The molecule has 0 saturated heterocycles. The molecule has 7 nitrogen and oxygen atoms in total. The van der Waals surface area contributed by atoms with Gasteiger partial charge in [-0.05, 0) is 11.6 Å². The number of hydrogen-bond donors (Lipinski definition) is 2. The van der Waals surface area contributed by atoms with Crippen LogP contribution in [0.15, 0.2) is 28.8 Å². The number of carbonyl (C=O) groups is 2. The second kappa shape index (κ2) is 5.30. The van der Waals surface area contributed by atoms with Crippen molar-refractivity contribution in [3.8, 4) is 11.4 Å². The Labute approximate surface area is 108 Å². The molecule has 0 aliphatic rings. The molecule has 7 heteroatoms. The van der Waals surface area contributed by atoms with Crippen molar-refractivity contribution in [1.82, 2.24) is 15.5 Å². The van der Waals surface area contributed by atoms with Gasteiger partial charge in [-0.2, -0.15) is 4.98 Å². The van der Waals surface area contributed by atoms with Crippen LogP contribution >= 0.6 is 0 Å². The molecule has 0 atom stereocenters. The monoisotopic (exact) mass is 260 g/mol. The van der Waals surface area contributed by atoms with E-state index in [-0.39, 0.29) is 17.6 Å². The lowest BCUT2D eigenvalue weighted by Crippen LogP contribution is -2.18. The normalized spacial score (nSPS) is 10.2. The van der Waals surface area contributed by atoms with Crippen LogP contribution in [0.4, 0.5) is 0 Å². The summed E-state index contributed by atoms with van der Waals surface area (Å²) in [5.41, 5.74) is 6.60. The summed E-state index contributed by atoms with van der Waals surface area (Å²) in [5, 5.41) is 6.36. The van der Waals surface area contributed by atoms with Crippen LogP contribution in [-0.2, 0) is 11.3 Å². The Bertz CT molecular complexity index is 621. The van der Waals surface area contributed by atoms with E-state index >= 15 is 0 Å². The van der Waals surface area contributed by atoms with Gasteiger partial charge >= 0.3 is 11.8 Å². The van der Waals surface area contributed by atoms with E-state index < -0.39 is 5.91 Å². The summed E-state index contributed by atoms with van der Waals surface area (Å²) >= 11 is 0. The fourth-order valence-electron chi connectivity index (χ4n) is 1.49. The number of amides is 2. The third kappa shape index (κ3) is 3.15. The highest BCUT2D eigenvalue weighted by Crippen LogP contribution is 2.17. The fraction of sp³-hybridized carbons (Fsp3) is 0.167. The van der Waals surface area contributed by atoms with Crippen molar-refractivity contribution in [3.63, 3.8) is 0 Å². The first-order valence-corrected chi connectivity index (χ1v) is 5.53. The van der Waals surface area contributed by atoms with E-state index in [0.717, 1.165) is 5.56 Å². The minimum Gasteiger partial charge on any atom is -0.361 e. The summed E-state index contributed by atoms with van der Waals surface area (Å²) in [7, 11) is 0. The van der Waals surface area contributed by atoms with Crippen molar-refractivity contribution in [2.24, 2.45) is 5.73 Å². The van der Waals surface area contributed by atoms with Gasteiger partial charge in [0.15, 0.2) is 0 Å². The molecule has 0 bridgehead atoms. The molecule has 0 aliphatic carbocycles. The maximum absolute atomic E-state index is 10.9. The standard InChI is InChI=1S/C12H12N4O3/c1-7(17)14-6-8-3-2-4-9(5-8)11-15-12(10(13)18)19-16-11/h2-5H,6H2,1H3,(H2,13,18)(H,14,17). The van der Waals surface area contributed by atoms with Crippen molar-refractivity contribution in [2.45, 2.75) is 13.5 Å². The van der Waals surface area contributed by atoms with Crippen LogP contribution in [-0.4, -0.2) is 22.0 Å². The molecular weight excluding hydrogens is 248 g/mol. The largest absolute Gasteiger partial charge is 0.361 e. The molecule has 0 spiro atoms. The van der Waals surface area contributed by atoms with Gasteiger partial charge in [0.25, 0.3) is 0 Å². The van der Waals surface area contributed by atoms with E-state index in [0.29, 0.717) is 12.1 Å². The number of primary amides is 1. The minimum absolute atomic E-state index is 0.110. The van der Waals surface area contributed by atoms with Crippen LogP contribution < -0.4 is 11.1 Å². The van der Waals surface area contributed by atoms with Gasteiger partial charge in [0.1, 0.15) is 0 Å². The van der Waals surface area contributed by atoms with Gasteiger partial charge in [-0.15, -0.1) is 0 Å². The zero-order chi connectivity index (χ0) is 13.8. The van der Waals surface area contributed by atoms with Gasteiger partial charge in [-0.1, -0.05) is 23.4 Å². The third-order valence-corrected chi connectivity index (χ3v) is 2.36. The molecule has 1 heterocycles. The van der Waals surface area contributed by atoms with Crippen LogP contribution in [0.2, 0.25) is 0 Å². The number of aromatic nitrogens is 2. The first kappa shape index (κ1) is 12.7. The van der Waals surface area contributed by atoms with Gasteiger partial charge in [0, 0.05) is 19.0 Å². The molecule has 2 amide bonds. The SMILES string of the molecule is CC(=O)NCc1cccc(-c2noc(C(N)=O)n2)c1. The van der Waals surface area contributed by atoms with E-state index in [1.165, 1.54) is 6.92 Å². The van der Waals surface area contributed by atoms with Crippen molar-refractivity contribution >= 4 is 11.8 Å². The molecule has 0 saturated carbocycles. The molecule has 19 heavy (non-hydrogen) atoms. The Hall–Kier alpha value is -2.70. The number of hydrogen-bond acceptors (Lipinski definition) is 5. The van der Waals surface area contributed by atoms with Crippen LogP contribution in [0.3, 0.4) is 0 Å². The van der Waals surface area contributed by atoms with Gasteiger partial charge in [-0.3, -0.25) is 9.59 Å². The molecule has 2 rings (SSSR count). The summed E-state index contributed by atoms with van der Waals surface area (Å²) in [6.45, 7) is 1.85. The summed E-state index contributed by atoms with van der Waals surface area (Å²) < 4.78 is 4.71. The van der Waals surface area contributed by atoms with Gasteiger partial charge in [-0.25, -0.2) is 0 Å². The maximum Gasteiger partial charge on any atom is 0.316 e. The minimum atomic E-state index is -0.770. The molecule has 0 radical (unpaired) electrons. The third-order valence-electron chi connectivity index (χ3n) is 2.36. The van der Waals surface area contributed by atoms with Crippen LogP contribution in [0.1, 0.15) is 23.2 Å². The van der Waals surface area contributed by atoms with Gasteiger partial charge < -0.3 is 15.6 Å². The highest BCUT2D eigenvalue weighted by molar-refractivity contribution is 5.88. The lowest BCUT2D eigenvalue weighted by molar-refractivity contribution is -0.119. The lowest BCUT2D eigenvalue weighted by atomic mass is 10.1. The summed E-state index contributed by atoms with van der Waals surface area (Å²) in [4.78, 5) is 25.6. The summed E-state index contributed by atoms with van der Waals surface area (Å²) in [6.07, 6.45) is 0. The van der Waals surface area contributed by atoms with Crippen LogP contribution in [0.25, 0.3) is 11.4 Å². The smallest absolute Gasteiger partial charge is 0.316 e. The van der Waals surface area contributed by atoms with E-state index in [2.05, 4.69) is 15.5 Å². The zero-order valence-corrected chi connectivity index (χ0v) is 10.2. The highest BCUT2D eigenvalue weighted by atomic mass is 16.5. The number of benzene rings is 1. The number of nitrogens with one attached hydrogen (secondary N) is 1. The van der Waals surface area contributed by atoms with Gasteiger partial charge in [0.05, 0.1) is 0 Å². The summed E-state index contributed by atoms with van der Waals surface area (Å²) in [5.74, 6) is -0.838. The Balaban J connectivity index is 2.21. The quantitative estimate of drug-likeness (QED) is 0.830. The average molecular weight is 260 g/mol. The molecule has 1 aromatic carbocycles. The lowest BCUT2D eigenvalue weighted by Gasteiger charge is -2.03. The second-order valence-corrected chi connectivity index (χ2v) is 3.90. The molecule has 0 fully saturated rings. The Morgan fingerprint density at radius 3 is 2.84 bits per heavy atom. The van der Waals surface area contributed by atoms with E-state index in [9.17, 15) is 9.59 Å². The van der Waals surface area contributed by atoms with E-state index in [1.54, 1.807) is 18.2 Å². The van der Waals surface area contributed by atoms with Crippen LogP contribution in [0, 0.1) is 0 Å². The first-order chi connectivity index (χ1) is 9.06. The van der Waals surface area contributed by atoms with E-state index in [4.69, 9.17) is 10.3 Å². The van der Waals surface area contributed by atoms with E-state index in [1.807, 2.05) is 6.07 Å². The predicted octanol–water partition coefficient (Wildman–Crippen LogP) is 0.472. The van der Waals surface area contributed by atoms with Crippen molar-refractivity contribution < 1.29 is 14.1 Å². The average Bonchev–Trinajstić information content (AvgIpc) is 2.86. The molecule has 98 valence electrons. The van der Waals surface area contributed by atoms with Gasteiger partial charge in [0.2, 0.25) is 11.7 Å². The Morgan fingerprint density at radius 1 is 1.42 bits per heavy atom. The molecule has 2 aromatic rings. The van der Waals surface area contributed by atoms with Crippen molar-refractivity contribution in [2.75, 3.05) is 0 Å². The molecule has 0 unspecified atom stereocenters. The number of rotatable bonds is 4. The van der Waals surface area contributed by atoms with Crippen LogP contribution in [0.5, 0.6) is 0 Å². The maximum atomic E-state index is 10.9. The Morgan fingerprint density at radius 2 is 2.21 bits per heavy atom. The summed E-state index contributed by atoms with van der Waals surface area (Å²) in [6, 6.07) is 7.22. The zero-order valence-electron chi connectivity index (χ0n) is 10.2. The molecule has 3 N–H and O–H groups in total. The number of nitrogens with zero attached hydrogens (tertiary/aromatic N) is 2. The Kier molecular flexibility index (Phi) is 3.56. The fourth-order valence-corrected chi connectivity index (χ4v) is 1.49. The first-order valence-electron chi connectivity index (χ1n) is 5.53. The second-order valence-electron chi connectivity index (χ2n) is 3.90. The molecular formula is C12H12N4O3. The highest BCUT2D eigenvalue weighted by Gasteiger charge is 2.12. The molecule has 0 aliphatic heterocycles. The number of nitrogens with two attached hydrogens (primary N) is 1. The molecule has 1 aromatic heterocycles.